The van der Waals surface area contributed by atoms with E-state index < -0.39 is 19.5 Å². The summed E-state index contributed by atoms with van der Waals surface area (Å²) >= 11 is 0. The van der Waals surface area contributed by atoms with Crippen LogP contribution < -0.4 is 0 Å². The largest absolute Gasteiger partial charge is 0.481 e. The van der Waals surface area contributed by atoms with Gasteiger partial charge in [-0.25, -0.2) is 0 Å². The quantitative estimate of drug-likeness (QED) is 0.586. The first-order valence-electron chi connectivity index (χ1n) is 7.21. The summed E-state index contributed by atoms with van der Waals surface area (Å²) in [7, 11) is -1.72. The maximum atomic E-state index is 11.1. The van der Waals surface area contributed by atoms with Gasteiger partial charge in [0.05, 0.1) is 5.41 Å². The Morgan fingerprint density at radius 3 is 1.68 bits per heavy atom. The van der Waals surface area contributed by atoms with Crippen molar-refractivity contribution in [2.45, 2.75) is 78.4 Å². The van der Waals surface area contributed by atoms with Crippen LogP contribution in [0.1, 0.15) is 61.8 Å². The van der Waals surface area contributed by atoms with Gasteiger partial charge in [-0.1, -0.05) is 41.5 Å². The lowest BCUT2D eigenvalue weighted by Gasteiger charge is -2.38. The van der Waals surface area contributed by atoms with Crippen LogP contribution in [0.25, 0.3) is 0 Å². The number of hydrogen-bond acceptors (Lipinski definition) is 1. The highest BCUT2D eigenvalue weighted by Gasteiger charge is 2.41. The minimum Gasteiger partial charge on any atom is -0.481 e. The first-order valence-corrected chi connectivity index (χ1v) is 9.45. The molecule has 0 bridgehead atoms. The summed E-state index contributed by atoms with van der Waals surface area (Å²) in [6, 6.07) is 0. The van der Waals surface area contributed by atoms with Crippen LogP contribution in [0.15, 0.2) is 0 Å². The molecule has 1 N–H and O–H groups in total. The third-order valence-corrected chi connectivity index (χ3v) is 10.6. The van der Waals surface area contributed by atoms with Gasteiger partial charge in [0.2, 0.25) is 0 Å². The second kappa shape index (κ2) is 6.61. The third-order valence-electron chi connectivity index (χ3n) is 4.28. The first-order chi connectivity index (χ1) is 8.48. The van der Waals surface area contributed by atoms with Gasteiger partial charge < -0.3 is 5.11 Å². The zero-order valence-corrected chi connectivity index (χ0v) is 14.8. The SMILES string of the molecule is CC(C)[Si](C#CCC(C)(C)C(=O)O)(C(C)C)C(C)C. The third kappa shape index (κ3) is 4.11. The second-order valence-corrected chi connectivity index (χ2v) is 12.6. The van der Waals surface area contributed by atoms with Crippen LogP contribution in [-0.2, 0) is 4.79 Å². The Kier molecular flexibility index (Phi) is 6.35. The van der Waals surface area contributed by atoms with Crippen molar-refractivity contribution in [3.8, 4) is 11.5 Å². The van der Waals surface area contributed by atoms with Crippen LogP contribution >= 0.6 is 0 Å². The van der Waals surface area contributed by atoms with Gasteiger partial charge in [0.1, 0.15) is 8.07 Å². The van der Waals surface area contributed by atoms with Crippen molar-refractivity contribution in [1.29, 1.82) is 0 Å². The molecule has 0 fully saturated rings. The monoisotopic (exact) mass is 282 g/mol. The molecule has 0 amide bonds. The van der Waals surface area contributed by atoms with Crippen LogP contribution in [0, 0.1) is 16.9 Å². The van der Waals surface area contributed by atoms with Crippen LogP contribution in [-0.4, -0.2) is 19.1 Å². The van der Waals surface area contributed by atoms with Gasteiger partial charge in [-0.3, -0.25) is 4.79 Å². The molecule has 0 aliphatic carbocycles. The van der Waals surface area contributed by atoms with E-state index in [0.717, 1.165) is 0 Å². The number of carboxylic acids is 1. The fourth-order valence-corrected chi connectivity index (χ4v) is 8.19. The fourth-order valence-electron chi connectivity index (χ4n) is 2.93. The molecule has 0 aromatic carbocycles. The van der Waals surface area contributed by atoms with E-state index in [1.165, 1.54) is 0 Å². The number of aliphatic carboxylic acids is 1. The number of carboxylic acid groups (broad SMARTS) is 1. The zero-order chi connectivity index (χ0) is 15.4. The lowest BCUT2D eigenvalue weighted by Crippen LogP contribution is -2.43. The Balaban J connectivity index is 5.33. The lowest BCUT2D eigenvalue weighted by molar-refractivity contribution is -0.146. The molecule has 0 saturated heterocycles. The Labute approximate surface area is 120 Å². The van der Waals surface area contributed by atoms with Gasteiger partial charge in [0.15, 0.2) is 0 Å². The van der Waals surface area contributed by atoms with Crippen molar-refractivity contribution in [1.82, 2.24) is 0 Å². The van der Waals surface area contributed by atoms with Crippen molar-refractivity contribution in [3.05, 3.63) is 0 Å². The molecular weight excluding hydrogens is 252 g/mol. The molecule has 0 unspecified atom stereocenters. The molecule has 0 aliphatic heterocycles. The predicted octanol–water partition coefficient (Wildman–Crippen LogP) is 4.71. The molecule has 0 saturated carbocycles. The van der Waals surface area contributed by atoms with Gasteiger partial charge in [-0.05, 0) is 30.5 Å². The van der Waals surface area contributed by atoms with E-state index in [1.807, 2.05) is 0 Å². The van der Waals surface area contributed by atoms with Crippen molar-refractivity contribution in [2.75, 3.05) is 0 Å². The summed E-state index contributed by atoms with van der Waals surface area (Å²) in [5.41, 5.74) is 4.59. The Bertz CT molecular complexity index is 348. The van der Waals surface area contributed by atoms with E-state index in [4.69, 9.17) is 5.11 Å². The molecule has 110 valence electrons. The number of hydrogen-bond donors (Lipinski definition) is 1. The average molecular weight is 282 g/mol. The van der Waals surface area contributed by atoms with Crippen molar-refractivity contribution >= 4 is 14.0 Å². The minimum atomic E-state index is -1.72. The van der Waals surface area contributed by atoms with Crippen molar-refractivity contribution < 1.29 is 9.90 Å². The molecule has 0 heterocycles. The highest BCUT2D eigenvalue weighted by atomic mass is 28.3. The molecule has 0 atom stereocenters. The van der Waals surface area contributed by atoms with Gasteiger partial charge in [-0.15, -0.1) is 11.5 Å². The molecule has 0 aliphatic rings. The Hall–Kier alpha value is -0.753. The molecule has 0 spiro atoms. The van der Waals surface area contributed by atoms with Crippen LogP contribution in [0.4, 0.5) is 0 Å². The Morgan fingerprint density at radius 2 is 1.42 bits per heavy atom. The highest BCUT2D eigenvalue weighted by molar-refractivity contribution is 6.90. The topological polar surface area (TPSA) is 37.3 Å². The van der Waals surface area contributed by atoms with E-state index in [2.05, 4.69) is 53.0 Å². The summed E-state index contributed by atoms with van der Waals surface area (Å²) in [5, 5.41) is 9.14. The first kappa shape index (κ1) is 18.2. The molecule has 3 heteroatoms. The summed E-state index contributed by atoms with van der Waals surface area (Å²) in [4.78, 5) is 11.1. The van der Waals surface area contributed by atoms with Gasteiger partial charge >= 0.3 is 5.97 Å². The molecule has 19 heavy (non-hydrogen) atoms. The Morgan fingerprint density at radius 1 is 1.05 bits per heavy atom. The molecule has 0 aromatic heterocycles. The van der Waals surface area contributed by atoms with E-state index in [1.54, 1.807) is 13.8 Å². The van der Waals surface area contributed by atoms with E-state index in [0.29, 0.717) is 23.0 Å². The number of carbonyl (C=O) groups is 1. The lowest BCUT2D eigenvalue weighted by atomic mass is 9.90. The fraction of sp³-hybridized carbons (Fsp3) is 0.812. The summed E-state index contributed by atoms with van der Waals surface area (Å²) in [6.07, 6.45) is 0.434. The summed E-state index contributed by atoms with van der Waals surface area (Å²) in [6.45, 7) is 17.1. The van der Waals surface area contributed by atoms with Crippen LogP contribution in [0.2, 0.25) is 16.6 Å². The van der Waals surface area contributed by atoms with Gasteiger partial charge in [0, 0.05) is 6.42 Å². The molecule has 0 rings (SSSR count). The molecule has 0 aromatic rings. The van der Waals surface area contributed by atoms with E-state index in [9.17, 15) is 4.79 Å². The molecule has 0 radical (unpaired) electrons. The van der Waals surface area contributed by atoms with Crippen molar-refractivity contribution in [3.63, 3.8) is 0 Å². The van der Waals surface area contributed by atoms with Crippen LogP contribution in [0.3, 0.4) is 0 Å². The molecule has 2 nitrogen and oxygen atoms in total. The van der Waals surface area contributed by atoms with Gasteiger partial charge in [0.25, 0.3) is 0 Å². The van der Waals surface area contributed by atoms with Gasteiger partial charge in [-0.2, -0.15) is 0 Å². The van der Waals surface area contributed by atoms with Crippen LogP contribution in [0.5, 0.6) is 0 Å². The average Bonchev–Trinajstić information content (AvgIpc) is 2.22. The standard InChI is InChI=1S/C16H30O2Si/c1-12(2)19(13(3)4,14(5)6)11-9-10-16(7,8)15(17)18/h12-14H,10H2,1-8H3,(H,17,18). The second-order valence-electron chi connectivity index (χ2n) is 7.06. The minimum absolute atomic E-state index is 0.434. The van der Waals surface area contributed by atoms with E-state index in [-0.39, 0.29) is 0 Å². The summed E-state index contributed by atoms with van der Waals surface area (Å²) < 4.78 is 0. The summed E-state index contributed by atoms with van der Waals surface area (Å²) in [5.74, 6) is 2.45. The predicted molar refractivity (Wildman–Crippen MR) is 84.9 cm³/mol. The number of rotatable bonds is 5. The normalized spacial score (nSPS) is 12.8. The maximum Gasteiger partial charge on any atom is 0.310 e. The highest BCUT2D eigenvalue weighted by Crippen LogP contribution is 2.40. The smallest absolute Gasteiger partial charge is 0.310 e. The zero-order valence-electron chi connectivity index (χ0n) is 13.8. The van der Waals surface area contributed by atoms with Crippen molar-refractivity contribution in [2.24, 2.45) is 5.41 Å². The van der Waals surface area contributed by atoms with E-state index >= 15 is 0 Å². The molecular formula is C16H30O2Si. The maximum absolute atomic E-state index is 11.1.